The van der Waals surface area contributed by atoms with Gasteiger partial charge in [-0.25, -0.2) is 9.45 Å². The number of thioether (sulfide) groups is 1. The third kappa shape index (κ3) is 34.3. The zero-order valence-corrected chi connectivity index (χ0v) is 24.5. The number of nitrogens with one attached hydrogen (secondary N) is 2. The minimum atomic E-state index is -4.70. The van der Waals surface area contributed by atoms with Gasteiger partial charge < -0.3 is 20.4 Å². The zero-order chi connectivity index (χ0) is 26.4. The van der Waals surface area contributed by atoms with Crippen molar-refractivity contribution in [1.29, 1.82) is 0 Å². The van der Waals surface area contributed by atoms with E-state index in [1.807, 2.05) is 0 Å². The largest absolute Gasteiger partial charge is 0.499 e. The fraction of sp³-hybridized carbons (Fsp3) is 1.00. The van der Waals surface area contributed by atoms with E-state index in [9.17, 15) is 4.57 Å². The SMILES string of the molecule is CCCCCCCCCCNCCCCCSCCCNCCCCCCCOOOOP(=O)(O)O. The summed E-state index contributed by atoms with van der Waals surface area (Å²) in [6, 6.07) is 0. The van der Waals surface area contributed by atoms with Crippen molar-refractivity contribution >= 4 is 19.6 Å². The normalized spacial score (nSPS) is 12.0. The highest BCUT2D eigenvalue weighted by Gasteiger charge is 2.16. The number of unbranched alkanes of at least 4 members (excludes halogenated alkanes) is 13. The van der Waals surface area contributed by atoms with Crippen molar-refractivity contribution in [1.82, 2.24) is 10.6 Å². The van der Waals surface area contributed by atoms with Gasteiger partial charge in [0.2, 0.25) is 0 Å². The van der Waals surface area contributed by atoms with Gasteiger partial charge in [-0.3, -0.25) is 0 Å². The molecule has 0 bridgehead atoms. The summed E-state index contributed by atoms with van der Waals surface area (Å²) in [6.45, 7) is 7.08. The fourth-order valence-corrected chi connectivity index (χ4v) is 4.78. The van der Waals surface area contributed by atoms with Gasteiger partial charge in [0.1, 0.15) is 0 Å². The number of hydrogen-bond acceptors (Lipinski definition) is 8. The van der Waals surface area contributed by atoms with Crippen molar-refractivity contribution in [2.75, 3.05) is 44.3 Å². The zero-order valence-electron chi connectivity index (χ0n) is 22.8. The van der Waals surface area contributed by atoms with Crippen LogP contribution in [0.3, 0.4) is 0 Å². The van der Waals surface area contributed by atoms with Gasteiger partial charge in [0.15, 0.2) is 0 Å². The average Bonchev–Trinajstić information content (AvgIpc) is 2.84. The molecule has 0 aliphatic rings. The van der Waals surface area contributed by atoms with Crippen molar-refractivity contribution in [2.24, 2.45) is 0 Å². The third-order valence-electron chi connectivity index (χ3n) is 5.78. The summed E-state index contributed by atoms with van der Waals surface area (Å²) < 4.78 is 13.9. The molecule has 0 aromatic carbocycles. The van der Waals surface area contributed by atoms with Crippen molar-refractivity contribution in [2.45, 2.75) is 116 Å². The van der Waals surface area contributed by atoms with Crippen molar-refractivity contribution in [3.63, 3.8) is 0 Å². The molecule has 9 nitrogen and oxygen atoms in total. The predicted molar refractivity (Wildman–Crippen MR) is 148 cm³/mol. The molecule has 0 radical (unpaired) electrons. The molecule has 0 rings (SSSR count). The summed E-state index contributed by atoms with van der Waals surface area (Å²) in [6.07, 6.45) is 21.6. The Bertz CT molecular complexity index is 476. The summed E-state index contributed by atoms with van der Waals surface area (Å²) in [5.74, 6) is 2.53. The molecule has 0 saturated carbocycles. The van der Waals surface area contributed by atoms with E-state index in [1.165, 1.54) is 102 Å². The second kappa shape index (κ2) is 29.8. The molecule has 0 heterocycles. The van der Waals surface area contributed by atoms with E-state index in [0.29, 0.717) is 0 Å². The molecule has 218 valence electrons. The van der Waals surface area contributed by atoms with Crippen LogP contribution >= 0.6 is 19.6 Å². The van der Waals surface area contributed by atoms with E-state index in [2.05, 4.69) is 49.0 Å². The van der Waals surface area contributed by atoms with Crippen LogP contribution in [0.2, 0.25) is 0 Å². The Kier molecular flexibility index (Phi) is 30.0. The molecule has 0 spiro atoms. The summed E-state index contributed by atoms with van der Waals surface area (Å²) in [5.41, 5.74) is 0. The molecule has 0 unspecified atom stereocenters. The van der Waals surface area contributed by atoms with E-state index in [0.717, 1.165) is 45.2 Å². The molecular formula is C25H55N2O7PS. The Morgan fingerprint density at radius 2 is 1.08 bits per heavy atom. The van der Waals surface area contributed by atoms with E-state index in [-0.39, 0.29) is 6.61 Å². The van der Waals surface area contributed by atoms with Gasteiger partial charge in [-0.05, 0) is 86.3 Å². The van der Waals surface area contributed by atoms with E-state index in [1.54, 1.807) is 0 Å². The standard InChI is InChI=1S/C25H55N2O7PS/c1-2-3-4-5-6-7-9-13-19-26-21-15-12-17-24-36-25-18-22-27-20-14-10-8-11-16-23-31-32-33-34-35(28,29)30/h26-27H,2-25H2,1H3,(H2,28,29,30). The van der Waals surface area contributed by atoms with Crippen molar-refractivity contribution in [3.05, 3.63) is 0 Å². The van der Waals surface area contributed by atoms with Gasteiger partial charge in [-0.15, -0.1) is 0 Å². The first-order valence-electron chi connectivity index (χ1n) is 14.3. The molecule has 0 saturated heterocycles. The minimum Gasteiger partial charge on any atom is -0.317 e. The predicted octanol–water partition coefficient (Wildman–Crippen LogP) is 6.45. The van der Waals surface area contributed by atoms with Crippen LogP contribution in [0.1, 0.15) is 116 Å². The Labute approximate surface area is 224 Å². The van der Waals surface area contributed by atoms with E-state index in [4.69, 9.17) is 9.79 Å². The maximum atomic E-state index is 10.3. The maximum Gasteiger partial charge on any atom is 0.499 e. The van der Waals surface area contributed by atoms with Crippen LogP contribution in [0, 0.1) is 0 Å². The van der Waals surface area contributed by atoms with Crippen LogP contribution < -0.4 is 10.6 Å². The molecule has 0 aromatic heterocycles. The Balaban J connectivity index is 3.04. The summed E-state index contributed by atoms with van der Waals surface area (Å²) in [4.78, 5) is 21.3. The van der Waals surface area contributed by atoms with Crippen LogP contribution in [-0.2, 0) is 24.2 Å². The monoisotopic (exact) mass is 558 g/mol. The highest BCUT2D eigenvalue weighted by molar-refractivity contribution is 7.99. The van der Waals surface area contributed by atoms with Gasteiger partial charge in [0, 0.05) is 0 Å². The first-order valence-corrected chi connectivity index (χ1v) is 16.9. The number of phosphoric acid groups is 1. The Morgan fingerprint density at radius 3 is 1.67 bits per heavy atom. The first kappa shape index (κ1) is 36.3. The van der Waals surface area contributed by atoms with Crippen molar-refractivity contribution in [3.8, 4) is 0 Å². The average molecular weight is 559 g/mol. The quantitative estimate of drug-likeness (QED) is 0.0327. The van der Waals surface area contributed by atoms with Gasteiger partial charge in [0.25, 0.3) is 0 Å². The molecule has 0 amide bonds. The Hall–Kier alpha value is 0.260. The molecule has 0 aliphatic carbocycles. The minimum absolute atomic E-state index is 0.274. The van der Waals surface area contributed by atoms with Crippen LogP contribution in [-0.4, -0.2) is 54.1 Å². The van der Waals surface area contributed by atoms with E-state index < -0.39 is 7.82 Å². The highest BCUT2D eigenvalue weighted by atomic mass is 32.2. The lowest BCUT2D eigenvalue weighted by Crippen LogP contribution is -2.17. The second-order valence-corrected chi connectivity index (χ2v) is 11.6. The maximum absolute atomic E-state index is 10.3. The summed E-state index contributed by atoms with van der Waals surface area (Å²) >= 11 is 2.09. The number of hydrogen-bond donors (Lipinski definition) is 4. The molecule has 0 fully saturated rings. The first-order chi connectivity index (χ1) is 17.6. The molecule has 0 aliphatic heterocycles. The van der Waals surface area contributed by atoms with Gasteiger partial charge in [-0.1, -0.05) is 82.2 Å². The lowest BCUT2D eigenvalue weighted by Gasteiger charge is -2.06. The van der Waals surface area contributed by atoms with Crippen LogP contribution in [0.4, 0.5) is 0 Å². The smallest absolute Gasteiger partial charge is 0.317 e. The van der Waals surface area contributed by atoms with Crippen LogP contribution in [0.25, 0.3) is 0 Å². The Morgan fingerprint density at radius 1 is 0.611 bits per heavy atom. The van der Waals surface area contributed by atoms with Gasteiger partial charge >= 0.3 is 7.82 Å². The fourth-order valence-electron chi connectivity index (χ4n) is 3.71. The van der Waals surface area contributed by atoms with Crippen molar-refractivity contribution < 1.29 is 34.0 Å². The molecule has 36 heavy (non-hydrogen) atoms. The third-order valence-corrected chi connectivity index (χ3v) is 7.19. The van der Waals surface area contributed by atoms with Crippen LogP contribution in [0.5, 0.6) is 0 Å². The molecule has 0 aromatic rings. The van der Waals surface area contributed by atoms with Gasteiger partial charge in [0.05, 0.1) is 6.61 Å². The van der Waals surface area contributed by atoms with Gasteiger partial charge in [-0.2, -0.15) is 11.8 Å². The summed E-state index contributed by atoms with van der Waals surface area (Å²) in [7, 11) is -4.70. The number of rotatable bonds is 31. The van der Waals surface area contributed by atoms with E-state index >= 15 is 0 Å². The summed E-state index contributed by atoms with van der Waals surface area (Å²) in [5, 5.41) is 14.9. The molecule has 4 N–H and O–H groups in total. The second-order valence-electron chi connectivity index (χ2n) is 9.29. The molecule has 0 atom stereocenters. The lowest BCUT2D eigenvalue weighted by atomic mass is 10.1. The topological polar surface area (TPSA) is 119 Å². The lowest BCUT2D eigenvalue weighted by molar-refractivity contribution is -0.610. The van der Waals surface area contributed by atoms with Crippen LogP contribution in [0.15, 0.2) is 0 Å². The highest BCUT2D eigenvalue weighted by Crippen LogP contribution is 2.35. The molecular weight excluding hydrogens is 503 g/mol. The molecule has 11 heteroatoms.